The van der Waals surface area contributed by atoms with E-state index in [1.54, 1.807) is 0 Å². The van der Waals surface area contributed by atoms with E-state index >= 15 is 0 Å². The molecule has 1 aromatic carbocycles. The Labute approximate surface area is 143 Å². The molecule has 0 radical (unpaired) electrons. The molecule has 130 valence electrons. The van der Waals surface area contributed by atoms with Crippen molar-refractivity contribution in [2.24, 2.45) is 5.41 Å². The molecule has 1 aliphatic carbocycles. The zero-order chi connectivity index (χ0) is 17.3. The van der Waals surface area contributed by atoms with Gasteiger partial charge in [0.25, 0.3) is 0 Å². The van der Waals surface area contributed by atoms with Gasteiger partial charge in [0.05, 0.1) is 11.7 Å². The number of nitrogens with zero attached hydrogens (tertiary/aromatic N) is 1. The van der Waals surface area contributed by atoms with Crippen molar-refractivity contribution in [1.82, 2.24) is 15.5 Å². The zero-order valence-electron chi connectivity index (χ0n) is 15.0. The second-order valence-electron chi connectivity index (χ2n) is 7.85. The van der Waals surface area contributed by atoms with E-state index in [2.05, 4.69) is 22.4 Å². The first-order chi connectivity index (χ1) is 11.3. The third-order valence-electron chi connectivity index (χ3n) is 4.78. The van der Waals surface area contributed by atoms with Gasteiger partial charge in [0.15, 0.2) is 0 Å². The molecule has 0 unspecified atom stereocenters. The zero-order valence-corrected chi connectivity index (χ0v) is 15.0. The van der Waals surface area contributed by atoms with Gasteiger partial charge >= 0.3 is 0 Å². The number of benzene rings is 1. The number of amides is 1. The van der Waals surface area contributed by atoms with Crippen LogP contribution in [0.1, 0.15) is 52.0 Å². The van der Waals surface area contributed by atoms with Gasteiger partial charge in [-0.1, -0.05) is 20.8 Å². The van der Waals surface area contributed by atoms with Crippen LogP contribution in [0.5, 0.6) is 5.75 Å². The molecule has 1 aromatic heterocycles. The molecule has 0 bridgehead atoms. The number of ether oxygens (including phenoxy) is 1. The van der Waals surface area contributed by atoms with Crippen LogP contribution in [0.25, 0.3) is 10.9 Å². The van der Waals surface area contributed by atoms with Crippen LogP contribution in [0.3, 0.4) is 0 Å². The average Bonchev–Trinajstić information content (AvgIpc) is 2.99. The predicted molar refractivity (Wildman–Crippen MR) is 95.1 cm³/mol. The van der Waals surface area contributed by atoms with E-state index in [1.165, 1.54) is 0 Å². The monoisotopic (exact) mass is 329 g/mol. The lowest BCUT2D eigenvalue weighted by molar-refractivity contribution is -0.129. The van der Waals surface area contributed by atoms with Gasteiger partial charge in [-0.3, -0.25) is 9.89 Å². The number of rotatable bonds is 3. The highest BCUT2D eigenvalue weighted by molar-refractivity contribution is 5.83. The molecular formula is C19H27N3O2. The maximum absolute atomic E-state index is 12.2. The lowest BCUT2D eigenvalue weighted by atomic mass is 9.90. The number of H-pyrrole nitrogens is 1. The van der Waals surface area contributed by atoms with Gasteiger partial charge < -0.3 is 10.1 Å². The molecule has 1 heterocycles. The Balaban J connectivity index is 1.66. The van der Waals surface area contributed by atoms with Gasteiger partial charge in [-0.05, 0) is 38.3 Å². The van der Waals surface area contributed by atoms with Crippen LogP contribution < -0.4 is 10.1 Å². The first kappa shape index (κ1) is 16.8. The average molecular weight is 329 g/mol. The smallest absolute Gasteiger partial charge is 0.225 e. The molecule has 3 rings (SSSR count). The molecule has 5 nitrogen and oxygen atoms in total. The van der Waals surface area contributed by atoms with Crippen LogP contribution in [-0.2, 0) is 4.79 Å². The van der Waals surface area contributed by atoms with Crippen LogP contribution in [-0.4, -0.2) is 28.3 Å². The van der Waals surface area contributed by atoms with Gasteiger partial charge in [-0.15, -0.1) is 0 Å². The minimum absolute atomic E-state index is 0.115. The minimum Gasteiger partial charge on any atom is -0.490 e. The van der Waals surface area contributed by atoms with E-state index in [0.29, 0.717) is 0 Å². The van der Waals surface area contributed by atoms with E-state index in [9.17, 15) is 4.79 Å². The molecular weight excluding hydrogens is 302 g/mol. The summed E-state index contributed by atoms with van der Waals surface area (Å²) in [6, 6.07) is 4.22. The van der Waals surface area contributed by atoms with Crippen LogP contribution in [0.15, 0.2) is 18.3 Å². The SMILES string of the molecule is Cc1c(O[C@@H]2CCC[C@H](NC(=O)C(C)(C)C)C2)ccc2[nH]ncc12. The van der Waals surface area contributed by atoms with Crippen molar-refractivity contribution in [3.8, 4) is 5.75 Å². The Kier molecular flexibility index (Phi) is 4.52. The highest BCUT2D eigenvalue weighted by Gasteiger charge is 2.29. The number of aryl methyl sites for hydroxylation is 1. The highest BCUT2D eigenvalue weighted by Crippen LogP contribution is 2.30. The first-order valence-electron chi connectivity index (χ1n) is 8.75. The first-order valence-corrected chi connectivity index (χ1v) is 8.75. The second kappa shape index (κ2) is 6.46. The van der Waals surface area contributed by atoms with E-state index in [1.807, 2.05) is 39.1 Å². The molecule has 1 aliphatic rings. The summed E-state index contributed by atoms with van der Waals surface area (Å²) < 4.78 is 6.27. The summed E-state index contributed by atoms with van der Waals surface area (Å²) in [6.45, 7) is 7.91. The quantitative estimate of drug-likeness (QED) is 0.902. The van der Waals surface area contributed by atoms with Gasteiger partial charge in [0, 0.05) is 28.8 Å². The largest absolute Gasteiger partial charge is 0.490 e. The van der Waals surface area contributed by atoms with Crippen LogP contribution in [0, 0.1) is 12.3 Å². The Hall–Kier alpha value is -2.04. The highest BCUT2D eigenvalue weighted by atomic mass is 16.5. The molecule has 2 atom stereocenters. The minimum atomic E-state index is -0.350. The Morgan fingerprint density at radius 2 is 2.12 bits per heavy atom. The van der Waals surface area contributed by atoms with Crippen LogP contribution in [0.2, 0.25) is 0 Å². The third-order valence-corrected chi connectivity index (χ3v) is 4.78. The number of carbonyl (C=O) groups is 1. The fourth-order valence-electron chi connectivity index (χ4n) is 3.23. The molecule has 0 spiro atoms. The van der Waals surface area contributed by atoms with E-state index in [0.717, 1.165) is 47.9 Å². The Bertz CT molecular complexity index is 730. The van der Waals surface area contributed by atoms with Gasteiger partial charge in [-0.2, -0.15) is 5.10 Å². The number of carbonyl (C=O) groups excluding carboxylic acids is 1. The number of fused-ring (bicyclic) bond motifs is 1. The van der Waals surface area contributed by atoms with Gasteiger partial charge in [0.2, 0.25) is 5.91 Å². The van der Waals surface area contributed by atoms with Crippen molar-refractivity contribution in [2.75, 3.05) is 0 Å². The van der Waals surface area contributed by atoms with E-state index in [-0.39, 0.29) is 23.5 Å². The number of nitrogens with one attached hydrogen (secondary N) is 2. The summed E-state index contributed by atoms with van der Waals surface area (Å²) in [7, 11) is 0. The molecule has 5 heteroatoms. The van der Waals surface area contributed by atoms with Crippen LogP contribution in [0.4, 0.5) is 0 Å². The third kappa shape index (κ3) is 3.55. The topological polar surface area (TPSA) is 67.0 Å². The molecule has 1 amide bonds. The number of aromatic amines is 1. The van der Waals surface area contributed by atoms with Crippen molar-refractivity contribution in [1.29, 1.82) is 0 Å². The Morgan fingerprint density at radius 1 is 1.33 bits per heavy atom. The fraction of sp³-hybridized carbons (Fsp3) is 0.579. The van der Waals surface area contributed by atoms with Gasteiger partial charge in [0.1, 0.15) is 11.9 Å². The van der Waals surface area contributed by atoms with E-state index < -0.39 is 0 Å². The molecule has 0 aliphatic heterocycles. The summed E-state index contributed by atoms with van der Waals surface area (Å²) in [5, 5.41) is 11.3. The van der Waals surface area contributed by atoms with Gasteiger partial charge in [-0.25, -0.2) is 0 Å². The maximum Gasteiger partial charge on any atom is 0.225 e. The summed E-state index contributed by atoms with van der Waals surface area (Å²) in [5.41, 5.74) is 1.79. The molecule has 24 heavy (non-hydrogen) atoms. The molecule has 1 saturated carbocycles. The summed E-state index contributed by atoms with van der Waals surface area (Å²) in [6.07, 6.45) is 5.99. The molecule has 1 fully saturated rings. The van der Waals surface area contributed by atoms with Crippen LogP contribution >= 0.6 is 0 Å². The molecule has 0 saturated heterocycles. The fourth-order valence-corrected chi connectivity index (χ4v) is 3.23. The number of hydrogen-bond acceptors (Lipinski definition) is 3. The molecule has 2 N–H and O–H groups in total. The summed E-state index contributed by atoms with van der Waals surface area (Å²) in [4.78, 5) is 12.2. The van der Waals surface area contributed by atoms with Crippen molar-refractivity contribution < 1.29 is 9.53 Å². The van der Waals surface area contributed by atoms with Crippen molar-refractivity contribution >= 4 is 16.8 Å². The lowest BCUT2D eigenvalue weighted by Gasteiger charge is -2.32. The standard InChI is InChI=1S/C19H27N3O2/c1-12-15-11-20-22-16(15)8-9-17(12)24-14-7-5-6-13(10-14)21-18(23)19(2,3)4/h8-9,11,13-14H,5-7,10H2,1-4H3,(H,20,22)(H,21,23)/t13-,14+/m0/s1. The van der Waals surface area contributed by atoms with Crippen molar-refractivity contribution in [3.05, 3.63) is 23.9 Å². The predicted octanol–water partition coefficient (Wildman–Crippen LogP) is 3.72. The lowest BCUT2D eigenvalue weighted by Crippen LogP contribution is -2.45. The van der Waals surface area contributed by atoms with Crippen molar-refractivity contribution in [2.45, 2.75) is 65.5 Å². The normalized spacial score (nSPS) is 21.7. The number of aromatic nitrogens is 2. The Morgan fingerprint density at radius 3 is 2.88 bits per heavy atom. The molecule has 2 aromatic rings. The second-order valence-corrected chi connectivity index (χ2v) is 7.85. The number of hydrogen-bond donors (Lipinski definition) is 2. The maximum atomic E-state index is 12.2. The van der Waals surface area contributed by atoms with E-state index in [4.69, 9.17) is 4.74 Å². The van der Waals surface area contributed by atoms with Crippen molar-refractivity contribution in [3.63, 3.8) is 0 Å². The summed E-state index contributed by atoms with van der Waals surface area (Å²) in [5.74, 6) is 1.03. The summed E-state index contributed by atoms with van der Waals surface area (Å²) >= 11 is 0.